The molecule has 19 nitrogen and oxygen atoms in total. The minimum Gasteiger partial charge on any atom is -0.508 e. The van der Waals surface area contributed by atoms with E-state index >= 15 is 0 Å². The quantitative estimate of drug-likeness (QED) is 0.0115. The van der Waals surface area contributed by atoms with Crippen molar-refractivity contribution >= 4 is 63.0 Å². The molecule has 0 radical (unpaired) electrons. The summed E-state index contributed by atoms with van der Waals surface area (Å²) in [7, 11) is 0. The Hall–Kier alpha value is -8.29. The largest absolute Gasteiger partial charge is 0.508 e. The number of hydrogen-bond donors (Lipinski definition) is 5. The van der Waals surface area contributed by atoms with Crippen LogP contribution in [0.2, 0.25) is 0 Å². The molecule has 5 amide bonds. The number of amides is 5. The highest BCUT2D eigenvalue weighted by Crippen LogP contribution is 2.41. The normalized spacial score (nSPS) is 14.1. The molecule has 1 unspecified atom stereocenters. The molecule has 0 spiro atoms. The van der Waals surface area contributed by atoms with Gasteiger partial charge in [0.05, 0.1) is 72.2 Å². The van der Waals surface area contributed by atoms with E-state index in [1.54, 1.807) is 103 Å². The highest BCUT2D eigenvalue weighted by Gasteiger charge is 2.39. The predicted molar refractivity (Wildman–Crippen MR) is 284 cm³/mol. The van der Waals surface area contributed by atoms with Gasteiger partial charge in [-0.3, -0.25) is 34.1 Å². The van der Waals surface area contributed by atoms with Gasteiger partial charge in [0.25, 0.3) is 11.8 Å². The fraction of sp³-hybridized carbons (Fsp3) is 0.281. The lowest BCUT2D eigenvalue weighted by atomic mass is 9.97. The molecule has 1 atom stereocenters. The molecule has 20 heteroatoms. The van der Waals surface area contributed by atoms with Crippen LogP contribution in [0.1, 0.15) is 66.2 Å². The van der Waals surface area contributed by atoms with Gasteiger partial charge < -0.3 is 48.9 Å². The number of thiophene rings is 1. The van der Waals surface area contributed by atoms with E-state index in [1.165, 1.54) is 28.5 Å². The summed E-state index contributed by atoms with van der Waals surface area (Å²) in [4.78, 5) is 78.1. The van der Waals surface area contributed by atoms with Crippen molar-refractivity contribution in [1.29, 1.82) is 0 Å². The Morgan fingerprint density at radius 3 is 2.09 bits per heavy atom. The number of benzene rings is 5. The minimum atomic E-state index is -0.711. The molecule has 0 bridgehead atoms. The van der Waals surface area contributed by atoms with E-state index in [0.29, 0.717) is 102 Å². The van der Waals surface area contributed by atoms with Crippen LogP contribution < -0.4 is 20.8 Å². The summed E-state index contributed by atoms with van der Waals surface area (Å²) in [6.07, 6.45) is 1.95. The molecule has 5 aromatic carbocycles. The number of aromatic hydroxyl groups is 2. The lowest BCUT2D eigenvalue weighted by Crippen LogP contribution is -2.52. The second-order valence-corrected chi connectivity index (χ2v) is 18.4. The number of nitrogens with zero attached hydrogens (tertiary/aromatic N) is 2. The Kier molecular flexibility index (Phi) is 19.6. The van der Waals surface area contributed by atoms with Gasteiger partial charge in [0, 0.05) is 55.7 Å². The molecule has 0 saturated carbocycles. The first-order valence-electron chi connectivity index (χ1n) is 24.7. The molecule has 1 aromatic heterocycles. The number of fused-ring (bicyclic) bond motifs is 2. The Balaban J connectivity index is 0.611. The molecular weight excluding hydrogens is 1010 g/mol. The van der Waals surface area contributed by atoms with Crippen LogP contribution in [0, 0.1) is 11.8 Å². The zero-order valence-corrected chi connectivity index (χ0v) is 42.6. The number of hydrazone groups is 1. The molecule has 5 N–H and O–H groups in total. The van der Waals surface area contributed by atoms with Gasteiger partial charge in [-0.05, 0) is 114 Å². The first kappa shape index (κ1) is 55.0. The van der Waals surface area contributed by atoms with Crippen molar-refractivity contribution in [2.45, 2.75) is 25.4 Å². The van der Waals surface area contributed by atoms with Crippen molar-refractivity contribution < 1.29 is 67.4 Å². The van der Waals surface area contributed by atoms with Gasteiger partial charge in [-0.2, -0.15) is 5.10 Å². The van der Waals surface area contributed by atoms with Crippen LogP contribution in [0.3, 0.4) is 0 Å². The summed E-state index contributed by atoms with van der Waals surface area (Å²) < 4.78 is 34.0. The van der Waals surface area contributed by atoms with Gasteiger partial charge >= 0.3 is 0 Å². The smallest absolute Gasteiger partial charge is 0.271 e. The van der Waals surface area contributed by atoms with Crippen LogP contribution in [0.4, 0.5) is 0 Å². The zero-order valence-electron chi connectivity index (χ0n) is 41.7. The van der Waals surface area contributed by atoms with Crippen LogP contribution >= 0.6 is 11.3 Å². The number of carbonyl (C=O) groups is 6. The first-order chi connectivity index (χ1) is 37.5. The van der Waals surface area contributed by atoms with Gasteiger partial charge in [-0.1, -0.05) is 30.0 Å². The lowest BCUT2D eigenvalue weighted by Gasteiger charge is -2.29. The summed E-state index contributed by atoms with van der Waals surface area (Å²) in [6, 6.07) is 29.4. The van der Waals surface area contributed by atoms with E-state index in [4.69, 9.17) is 28.4 Å². The van der Waals surface area contributed by atoms with E-state index in [-0.39, 0.29) is 80.8 Å². The van der Waals surface area contributed by atoms with Crippen molar-refractivity contribution in [2.24, 2.45) is 5.10 Å². The van der Waals surface area contributed by atoms with Gasteiger partial charge in [0.2, 0.25) is 17.7 Å². The van der Waals surface area contributed by atoms with Crippen molar-refractivity contribution in [3.63, 3.8) is 0 Å². The number of phenols is 2. The number of nitrogens with one attached hydrogen (secondary N) is 3. The minimum absolute atomic E-state index is 0.0747. The van der Waals surface area contributed by atoms with E-state index in [2.05, 4.69) is 33.0 Å². The second-order valence-electron chi connectivity index (χ2n) is 17.4. The molecule has 6 aromatic rings. The van der Waals surface area contributed by atoms with Crippen LogP contribution in [0.15, 0.2) is 114 Å². The number of phenolic OH excluding ortho intramolecular Hbond substituents is 2. The van der Waals surface area contributed by atoms with E-state index in [9.17, 15) is 39.0 Å². The summed E-state index contributed by atoms with van der Waals surface area (Å²) >= 11 is 1.37. The molecule has 2 aliphatic rings. The van der Waals surface area contributed by atoms with Gasteiger partial charge in [-0.25, -0.2) is 5.43 Å². The van der Waals surface area contributed by atoms with Gasteiger partial charge in [0.15, 0.2) is 5.78 Å². The molecule has 8 rings (SSSR count). The third-order valence-corrected chi connectivity index (χ3v) is 13.3. The Labute approximate surface area is 447 Å². The fourth-order valence-corrected chi connectivity index (χ4v) is 9.46. The van der Waals surface area contributed by atoms with Gasteiger partial charge in [-0.15, -0.1) is 11.3 Å². The standard InChI is InChI=1S/C57H55N5O14S/c63-42-14-12-40(13-15-42)54-52(46-19-16-43(64)33-49(46)77-54)53(67)39-8-10-41(11-9-39)55(68)61-59-34-37-6-17-44(18-7-37)76-32-31-74-28-27-72-24-23-71-25-26-73-29-30-75-36-51(66)58-22-2-4-38-3-1-5-45-47(38)35-62(57(45)70)48-20-21-50(65)60-56(48)69/h1,3,5-19,33-34,48,63-64H,20-32,35-36H2,(H,58,66)(H,61,68)(H,60,65,69). The highest BCUT2D eigenvalue weighted by molar-refractivity contribution is 7.22. The Bertz CT molecular complexity index is 3170. The third kappa shape index (κ3) is 15.2. The molecule has 1 fully saturated rings. The molecule has 398 valence electrons. The molecule has 2 aliphatic heterocycles. The summed E-state index contributed by atoms with van der Waals surface area (Å²) in [5, 5.41) is 29.6. The number of carbonyl (C=O) groups excluding carboxylic acids is 6. The number of ether oxygens (including phenoxy) is 6. The summed E-state index contributed by atoms with van der Waals surface area (Å²) in [5.74, 6) is 4.60. The van der Waals surface area contributed by atoms with E-state index in [1.807, 2.05) is 0 Å². The molecule has 3 heterocycles. The van der Waals surface area contributed by atoms with E-state index < -0.39 is 17.9 Å². The number of hydrogen-bond acceptors (Lipinski definition) is 16. The van der Waals surface area contributed by atoms with Crippen molar-refractivity contribution in [3.8, 4) is 39.5 Å². The van der Waals surface area contributed by atoms with Crippen LogP contribution in [-0.4, -0.2) is 142 Å². The maximum Gasteiger partial charge on any atom is 0.271 e. The topological polar surface area (TPSA) is 250 Å². The SMILES string of the molecule is O=C(COCCOCCOCCOCCOCCOc1ccc(C=NNC(=O)c2ccc(C(=O)c3c(-c4ccc(O)cc4)sc4cc(O)ccc34)cc2)cc1)NCC#Cc1cccc2c1CN(C1CCC(=O)NC1=O)C2=O. The fourth-order valence-electron chi connectivity index (χ4n) is 8.22. The van der Waals surface area contributed by atoms with Crippen LogP contribution in [-0.2, 0) is 44.6 Å². The zero-order chi connectivity index (χ0) is 53.9. The molecule has 77 heavy (non-hydrogen) atoms. The number of imide groups is 1. The molecular formula is C57H55N5O14S. The van der Waals surface area contributed by atoms with Crippen molar-refractivity contribution in [2.75, 3.05) is 79.2 Å². The second kappa shape index (κ2) is 27.5. The Morgan fingerprint density at radius 1 is 0.753 bits per heavy atom. The Morgan fingerprint density at radius 2 is 1.40 bits per heavy atom. The van der Waals surface area contributed by atoms with Crippen LogP contribution in [0.25, 0.3) is 20.5 Å². The van der Waals surface area contributed by atoms with Crippen molar-refractivity contribution in [1.82, 2.24) is 21.0 Å². The van der Waals surface area contributed by atoms with Gasteiger partial charge in [0.1, 0.15) is 36.5 Å². The average Bonchev–Trinajstić information content (AvgIpc) is 4.01. The number of rotatable bonds is 26. The number of piperidine rings is 1. The third-order valence-electron chi connectivity index (χ3n) is 12.1. The lowest BCUT2D eigenvalue weighted by molar-refractivity contribution is -0.137. The van der Waals surface area contributed by atoms with Crippen molar-refractivity contribution in [3.05, 3.63) is 148 Å². The molecule has 0 aliphatic carbocycles. The summed E-state index contributed by atoms with van der Waals surface area (Å²) in [5.41, 5.74) is 6.96. The maximum absolute atomic E-state index is 13.9. The average molecular weight is 1070 g/mol. The molecule has 1 saturated heterocycles. The monoisotopic (exact) mass is 1070 g/mol. The van der Waals surface area contributed by atoms with Crippen LogP contribution in [0.5, 0.6) is 17.2 Å². The number of ketones is 1. The highest BCUT2D eigenvalue weighted by atomic mass is 32.1. The maximum atomic E-state index is 13.9. The summed E-state index contributed by atoms with van der Waals surface area (Å²) in [6.45, 7) is 3.59. The first-order valence-corrected chi connectivity index (χ1v) is 25.5. The predicted octanol–water partition coefficient (Wildman–Crippen LogP) is 5.37. The van der Waals surface area contributed by atoms with E-state index in [0.717, 1.165) is 15.8 Å².